The Hall–Kier alpha value is -2.13. The summed E-state index contributed by atoms with van der Waals surface area (Å²) in [6.07, 6.45) is -0.926. The second-order valence-electron chi connectivity index (χ2n) is 4.77. The highest BCUT2D eigenvalue weighted by Gasteiger charge is 2.30. The second kappa shape index (κ2) is 6.35. The molecule has 1 N–H and O–H groups in total. The first-order chi connectivity index (χ1) is 9.63. The Morgan fingerprint density at radius 1 is 1.00 bits per heavy atom. The Morgan fingerprint density at radius 3 is 2.15 bits per heavy atom. The minimum Gasteiger partial charge on any atom is -0.468 e. The van der Waals surface area contributed by atoms with E-state index in [0.29, 0.717) is 5.56 Å². The van der Waals surface area contributed by atoms with Crippen molar-refractivity contribution >= 4 is 5.97 Å². The van der Waals surface area contributed by atoms with Gasteiger partial charge in [0, 0.05) is 0 Å². The van der Waals surface area contributed by atoms with Crippen LogP contribution in [0.3, 0.4) is 0 Å². The van der Waals surface area contributed by atoms with Crippen LogP contribution in [0.4, 0.5) is 0 Å². The predicted octanol–water partition coefficient (Wildman–Crippen LogP) is 2.99. The summed E-state index contributed by atoms with van der Waals surface area (Å²) in [5.74, 6) is -1.16. The Balaban J connectivity index is 2.36. The predicted molar refractivity (Wildman–Crippen MR) is 77.3 cm³/mol. The molecule has 3 nitrogen and oxygen atoms in total. The fraction of sp³-hybridized carbons (Fsp3) is 0.235. The number of aryl methyl sites for hydroxylation is 1. The summed E-state index contributed by atoms with van der Waals surface area (Å²) in [5.41, 5.74) is 2.55. The number of hydrogen-bond donors (Lipinski definition) is 1. The lowest BCUT2D eigenvalue weighted by atomic mass is 9.89. The van der Waals surface area contributed by atoms with Crippen molar-refractivity contribution in [1.29, 1.82) is 0 Å². The molecular weight excluding hydrogens is 252 g/mol. The van der Waals surface area contributed by atoms with E-state index in [1.165, 1.54) is 7.11 Å². The number of methoxy groups -OCH3 is 1. The van der Waals surface area contributed by atoms with Crippen LogP contribution in [-0.2, 0) is 9.53 Å². The van der Waals surface area contributed by atoms with Crippen LogP contribution in [0.2, 0.25) is 0 Å². The van der Waals surface area contributed by atoms with Crippen LogP contribution in [0.5, 0.6) is 0 Å². The molecule has 0 aliphatic carbocycles. The minimum absolute atomic E-state index is 0.440. The molecule has 0 aliphatic rings. The molecular formula is C17H18O3. The van der Waals surface area contributed by atoms with E-state index >= 15 is 0 Å². The van der Waals surface area contributed by atoms with Crippen LogP contribution < -0.4 is 0 Å². The van der Waals surface area contributed by atoms with Crippen molar-refractivity contribution in [3.05, 3.63) is 71.3 Å². The van der Waals surface area contributed by atoms with Crippen molar-refractivity contribution in [2.75, 3.05) is 7.11 Å². The Kier molecular flexibility index (Phi) is 4.53. The highest BCUT2D eigenvalue weighted by Crippen LogP contribution is 2.32. The van der Waals surface area contributed by atoms with E-state index in [-0.39, 0.29) is 0 Å². The molecule has 0 aromatic heterocycles. The zero-order valence-corrected chi connectivity index (χ0v) is 11.6. The van der Waals surface area contributed by atoms with Gasteiger partial charge in [-0.3, -0.25) is 4.79 Å². The zero-order valence-electron chi connectivity index (χ0n) is 11.6. The normalized spacial score (nSPS) is 13.6. The first-order valence-electron chi connectivity index (χ1n) is 6.51. The number of aliphatic hydroxyl groups is 1. The summed E-state index contributed by atoms with van der Waals surface area (Å²) in [6.45, 7) is 1.98. The molecule has 0 heterocycles. The fourth-order valence-corrected chi connectivity index (χ4v) is 2.19. The largest absolute Gasteiger partial charge is 0.468 e. The number of ether oxygens (including phenoxy) is 1. The average Bonchev–Trinajstić information content (AvgIpc) is 2.49. The number of rotatable bonds is 4. The van der Waals surface area contributed by atoms with Crippen LogP contribution in [0.25, 0.3) is 0 Å². The number of hydrogen-bond acceptors (Lipinski definition) is 3. The minimum atomic E-state index is -0.926. The van der Waals surface area contributed by atoms with Crippen molar-refractivity contribution < 1.29 is 14.6 Å². The van der Waals surface area contributed by atoms with Crippen molar-refractivity contribution in [2.24, 2.45) is 0 Å². The Bertz CT molecular complexity index is 561. The Labute approximate surface area is 118 Å². The van der Waals surface area contributed by atoms with E-state index in [2.05, 4.69) is 0 Å². The molecule has 3 heteroatoms. The maximum absolute atomic E-state index is 12.0. The highest BCUT2D eigenvalue weighted by molar-refractivity contribution is 5.79. The number of carbonyl (C=O) groups is 1. The van der Waals surface area contributed by atoms with Crippen LogP contribution in [0.15, 0.2) is 54.6 Å². The maximum atomic E-state index is 12.0. The standard InChI is InChI=1S/C17H18O3/c1-12-8-10-14(11-9-12)16(18)15(17(19)20-2)13-6-4-3-5-7-13/h3-11,15-16,18H,1-2H3. The number of aliphatic hydroxyl groups excluding tert-OH is 1. The first-order valence-corrected chi connectivity index (χ1v) is 6.51. The lowest BCUT2D eigenvalue weighted by Crippen LogP contribution is -2.21. The second-order valence-corrected chi connectivity index (χ2v) is 4.77. The molecule has 0 saturated heterocycles. The van der Waals surface area contributed by atoms with Gasteiger partial charge in [-0.1, -0.05) is 60.2 Å². The third-order valence-electron chi connectivity index (χ3n) is 3.35. The molecule has 2 aromatic rings. The third-order valence-corrected chi connectivity index (χ3v) is 3.35. The van der Waals surface area contributed by atoms with E-state index in [4.69, 9.17) is 4.74 Å². The highest BCUT2D eigenvalue weighted by atomic mass is 16.5. The van der Waals surface area contributed by atoms with E-state index in [9.17, 15) is 9.90 Å². The van der Waals surface area contributed by atoms with Crippen LogP contribution >= 0.6 is 0 Å². The molecule has 0 bridgehead atoms. The number of carbonyl (C=O) groups excluding carboxylic acids is 1. The van der Waals surface area contributed by atoms with Crippen LogP contribution in [-0.4, -0.2) is 18.2 Å². The summed E-state index contributed by atoms with van der Waals surface area (Å²) < 4.78 is 4.83. The van der Waals surface area contributed by atoms with Crippen molar-refractivity contribution in [3.8, 4) is 0 Å². The molecule has 0 radical (unpaired) electrons. The lowest BCUT2D eigenvalue weighted by Gasteiger charge is -2.21. The number of benzene rings is 2. The summed E-state index contributed by atoms with van der Waals surface area (Å²) in [5, 5.41) is 10.5. The van der Waals surface area contributed by atoms with E-state index in [1.807, 2.05) is 61.5 Å². The zero-order chi connectivity index (χ0) is 14.5. The van der Waals surface area contributed by atoms with E-state index < -0.39 is 18.0 Å². The van der Waals surface area contributed by atoms with Crippen molar-refractivity contribution in [3.63, 3.8) is 0 Å². The molecule has 2 rings (SSSR count). The average molecular weight is 270 g/mol. The van der Waals surface area contributed by atoms with Crippen LogP contribution in [0.1, 0.15) is 28.7 Å². The summed E-state index contributed by atoms with van der Waals surface area (Å²) in [6, 6.07) is 16.7. The van der Waals surface area contributed by atoms with Gasteiger partial charge in [-0.2, -0.15) is 0 Å². The topological polar surface area (TPSA) is 46.5 Å². The quantitative estimate of drug-likeness (QED) is 0.869. The van der Waals surface area contributed by atoms with Crippen LogP contribution in [0, 0.1) is 6.92 Å². The first kappa shape index (κ1) is 14.3. The summed E-state index contributed by atoms with van der Waals surface area (Å²) in [7, 11) is 1.33. The van der Waals surface area contributed by atoms with Gasteiger partial charge in [0.25, 0.3) is 0 Å². The fourth-order valence-electron chi connectivity index (χ4n) is 2.19. The summed E-state index contributed by atoms with van der Waals surface area (Å²) >= 11 is 0. The monoisotopic (exact) mass is 270 g/mol. The molecule has 104 valence electrons. The Morgan fingerprint density at radius 2 is 1.60 bits per heavy atom. The molecule has 0 amide bonds. The molecule has 0 aliphatic heterocycles. The van der Waals surface area contributed by atoms with Gasteiger partial charge in [-0.15, -0.1) is 0 Å². The van der Waals surface area contributed by atoms with Gasteiger partial charge >= 0.3 is 5.97 Å². The smallest absolute Gasteiger partial charge is 0.316 e. The van der Waals surface area contributed by atoms with Crippen molar-refractivity contribution in [2.45, 2.75) is 18.9 Å². The van der Waals surface area contributed by atoms with Gasteiger partial charge in [0.1, 0.15) is 5.92 Å². The van der Waals surface area contributed by atoms with E-state index in [1.54, 1.807) is 0 Å². The molecule has 20 heavy (non-hydrogen) atoms. The van der Waals surface area contributed by atoms with Gasteiger partial charge in [-0.25, -0.2) is 0 Å². The molecule has 2 atom stereocenters. The molecule has 2 aromatic carbocycles. The SMILES string of the molecule is COC(=O)C(c1ccccc1)C(O)c1ccc(C)cc1. The lowest BCUT2D eigenvalue weighted by molar-refractivity contribution is -0.145. The third kappa shape index (κ3) is 3.06. The van der Waals surface area contributed by atoms with Gasteiger partial charge < -0.3 is 9.84 Å². The van der Waals surface area contributed by atoms with Gasteiger partial charge in [-0.05, 0) is 18.1 Å². The molecule has 0 saturated carbocycles. The maximum Gasteiger partial charge on any atom is 0.316 e. The van der Waals surface area contributed by atoms with Crippen molar-refractivity contribution in [1.82, 2.24) is 0 Å². The number of esters is 1. The van der Waals surface area contributed by atoms with E-state index in [0.717, 1.165) is 11.1 Å². The molecule has 2 unspecified atom stereocenters. The van der Waals surface area contributed by atoms with Gasteiger partial charge in [0.2, 0.25) is 0 Å². The van der Waals surface area contributed by atoms with Gasteiger partial charge in [0.15, 0.2) is 0 Å². The summed E-state index contributed by atoms with van der Waals surface area (Å²) in [4.78, 5) is 12.0. The molecule has 0 spiro atoms. The van der Waals surface area contributed by atoms with Gasteiger partial charge in [0.05, 0.1) is 13.2 Å². The molecule has 0 fully saturated rings.